The lowest BCUT2D eigenvalue weighted by Crippen LogP contribution is -2.24. The van der Waals surface area contributed by atoms with Crippen molar-refractivity contribution in [1.82, 2.24) is 0 Å². The molecule has 0 atom stereocenters. The van der Waals surface area contributed by atoms with Gasteiger partial charge in [-0.2, -0.15) is 0 Å². The van der Waals surface area contributed by atoms with Crippen molar-refractivity contribution < 1.29 is 24.5 Å². The molecule has 3 aromatic rings. The Balaban J connectivity index is 1.84. The number of anilines is 2. The summed E-state index contributed by atoms with van der Waals surface area (Å²) in [5.41, 5.74) is 11.8. The molecule has 0 unspecified atom stereocenters. The van der Waals surface area contributed by atoms with Crippen LogP contribution < -0.4 is 16.2 Å². The van der Waals surface area contributed by atoms with Crippen molar-refractivity contribution in [3.05, 3.63) is 63.7 Å². The number of unbranched alkanes of at least 4 members (excludes halogenated alkanes) is 1. The lowest BCUT2D eigenvalue weighted by Gasteiger charge is -2.24. The minimum Gasteiger partial charge on any atom is -0.507 e. The third kappa shape index (κ3) is 3.31. The van der Waals surface area contributed by atoms with Gasteiger partial charge in [-0.1, -0.05) is 37.1 Å². The van der Waals surface area contributed by atoms with E-state index in [1.807, 2.05) is 0 Å². The van der Waals surface area contributed by atoms with Crippen LogP contribution in [0, 0.1) is 0 Å². The van der Waals surface area contributed by atoms with Gasteiger partial charge in [-0.05, 0) is 30.2 Å². The molecule has 164 valence electrons. The van der Waals surface area contributed by atoms with Crippen molar-refractivity contribution >= 4 is 34.5 Å². The smallest absolute Gasteiger partial charge is 0.200 e. The number of carbonyl (C=O) groups excluding carboxylic acids is 2. The molecular formula is C24H21ClN2O5. The third-order valence-electron chi connectivity index (χ3n) is 5.47. The molecule has 0 saturated carbocycles. The van der Waals surface area contributed by atoms with E-state index in [1.54, 1.807) is 24.3 Å². The molecule has 0 spiro atoms. The highest BCUT2D eigenvalue weighted by atomic mass is 35.5. The predicted molar refractivity (Wildman–Crippen MR) is 123 cm³/mol. The quantitative estimate of drug-likeness (QED) is 0.198. The minimum atomic E-state index is -0.740. The van der Waals surface area contributed by atoms with Crippen LogP contribution in [0.3, 0.4) is 0 Å². The van der Waals surface area contributed by atoms with Crippen LogP contribution in [0.1, 0.15) is 51.6 Å². The van der Waals surface area contributed by atoms with Gasteiger partial charge in [0.2, 0.25) is 11.6 Å². The largest absolute Gasteiger partial charge is 0.507 e. The number of halogens is 1. The Labute approximate surface area is 189 Å². The highest BCUT2D eigenvalue weighted by Crippen LogP contribution is 2.46. The molecule has 0 aliphatic heterocycles. The standard InChI is InChI=1S/C24H21ClN2O5/c1-2-3-8-32-12-6-4-11(5-7-12)13-9-15(26)17-20(22(13)29)24(31)19-18(23(17)30)16(28)10-14(25)21(19)27/h4-7,9-10,28-29H,2-3,8,26-27H2,1H3. The number of ether oxygens (including phenoxy) is 1. The maximum Gasteiger partial charge on any atom is 0.200 e. The number of phenolic OH excluding ortho intramolecular Hbond substituents is 2. The third-order valence-corrected chi connectivity index (χ3v) is 5.78. The summed E-state index contributed by atoms with van der Waals surface area (Å²) in [4.78, 5) is 26.4. The van der Waals surface area contributed by atoms with Crippen LogP contribution in [0.15, 0.2) is 36.4 Å². The summed E-state index contributed by atoms with van der Waals surface area (Å²) in [5, 5.41) is 21.2. The number of phenols is 2. The Bertz CT molecular complexity index is 1270. The Kier molecular flexibility index (Phi) is 5.44. The summed E-state index contributed by atoms with van der Waals surface area (Å²) in [6.45, 7) is 2.67. The Morgan fingerprint density at radius 3 is 2.25 bits per heavy atom. The number of nitrogen functional groups attached to an aromatic ring is 2. The Morgan fingerprint density at radius 1 is 0.938 bits per heavy atom. The summed E-state index contributed by atoms with van der Waals surface area (Å²) in [6.07, 6.45) is 1.95. The Hall–Kier alpha value is -3.71. The fourth-order valence-electron chi connectivity index (χ4n) is 3.81. The number of benzene rings is 3. The maximum absolute atomic E-state index is 13.3. The molecule has 1 aliphatic rings. The fraction of sp³-hybridized carbons (Fsp3) is 0.167. The van der Waals surface area contributed by atoms with Gasteiger partial charge >= 0.3 is 0 Å². The van der Waals surface area contributed by atoms with Crippen LogP contribution in [0.25, 0.3) is 11.1 Å². The van der Waals surface area contributed by atoms with Gasteiger partial charge in [0.25, 0.3) is 0 Å². The van der Waals surface area contributed by atoms with E-state index < -0.39 is 23.1 Å². The first-order valence-corrected chi connectivity index (χ1v) is 10.4. The van der Waals surface area contributed by atoms with Crippen molar-refractivity contribution in [2.45, 2.75) is 19.8 Å². The Morgan fingerprint density at radius 2 is 1.59 bits per heavy atom. The highest BCUT2D eigenvalue weighted by Gasteiger charge is 2.39. The SMILES string of the molecule is CCCCOc1ccc(-c2cc(N)c3c(c2O)C(=O)c2c(N)c(Cl)cc(O)c2C3=O)cc1. The molecule has 8 heteroatoms. The predicted octanol–water partition coefficient (Wildman–Crippen LogP) is 4.54. The van der Waals surface area contributed by atoms with Gasteiger partial charge in [-0.25, -0.2) is 0 Å². The minimum absolute atomic E-state index is 0.00649. The zero-order chi connectivity index (χ0) is 23.2. The molecule has 0 amide bonds. The number of nitrogens with two attached hydrogens (primary N) is 2. The first kappa shape index (κ1) is 21.5. The van der Waals surface area contributed by atoms with Crippen LogP contribution >= 0.6 is 11.6 Å². The number of carbonyl (C=O) groups is 2. The van der Waals surface area contributed by atoms with E-state index in [0.717, 1.165) is 18.9 Å². The number of rotatable bonds is 5. The van der Waals surface area contributed by atoms with E-state index >= 15 is 0 Å². The lowest BCUT2D eigenvalue weighted by molar-refractivity contribution is 0.0975. The molecule has 1 aliphatic carbocycles. The van der Waals surface area contributed by atoms with Crippen molar-refractivity contribution in [1.29, 1.82) is 0 Å². The van der Waals surface area contributed by atoms with Crippen LogP contribution in [0.2, 0.25) is 5.02 Å². The fourth-order valence-corrected chi connectivity index (χ4v) is 4.01. The first-order chi connectivity index (χ1) is 15.3. The van der Waals surface area contributed by atoms with E-state index in [4.69, 9.17) is 27.8 Å². The number of hydrogen-bond donors (Lipinski definition) is 4. The molecule has 7 nitrogen and oxygen atoms in total. The van der Waals surface area contributed by atoms with E-state index in [9.17, 15) is 19.8 Å². The summed E-state index contributed by atoms with van der Waals surface area (Å²) in [6, 6.07) is 9.47. The average molecular weight is 453 g/mol. The zero-order valence-corrected chi connectivity index (χ0v) is 18.0. The van der Waals surface area contributed by atoms with Gasteiger partial charge in [0.05, 0.1) is 39.6 Å². The van der Waals surface area contributed by atoms with Crippen LogP contribution in [-0.2, 0) is 0 Å². The van der Waals surface area contributed by atoms with Gasteiger partial charge in [0.15, 0.2) is 0 Å². The zero-order valence-electron chi connectivity index (χ0n) is 17.2. The number of ketones is 2. The highest BCUT2D eigenvalue weighted by molar-refractivity contribution is 6.38. The molecule has 4 rings (SSSR count). The number of aromatic hydroxyl groups is 2. The molecule has 32 heavy (non-hydrogen) atoms. The second-order valence-corrected chi connectivity index (χ2v) is 7.94. The van der Waals surface area contributed by atoms with E-state index in [-0.39, 0.29) is 44.2 Å². The van der Waals surface area contributed by atoms with Crippen LogP contribution in [0.4, 0.5) is 11.4 Å². The summed E-state index contributed by atoms with van der Waals surface area (Å²) in [7, 11) is 0. The summed E-state index contributed by atoms with van der Waals surface area (Å²) < 4.78 is 5.65. The molecule has 0 radical (unpaired) electrons. The van der Waals surface area contributed by atoms with Gasteiger partial charge < -0.3 is 26.4 Å². The van der Waals surface area contributed by atoms with Gasteiger partial charge in [0, 0.05) is 17.3 Å². The number of hydrogen-bond acceptors (Lipinski definition) is 7. The van der Waals surface area contributed by atoms with Crippen molar-refractivity contribution in [2.24, 2.45) is 0 Å². The second-order valence-electron chi connectivity index (χ2n) is 7.54. The molecule has 0 heterocycles. The molecule has 0 aromatic heterocycles. The van der Waals surface area contributed by atoms with Crippen LogP contribution in [0.5, 0.6) is 17.2 Å². The summed E-state index contributed by atoms with van der Waals surface area (Å²) in [5.74, 6) is -1.67. The van der Waals surface area contributed by atoms with Crippen molar-refractivity contribution in [3.63, 3.8) is 0 Å². The van der Waals surface area contributed by atoms with Crippen molar-refractivity contribution in [2.75, 3.05) is 18.1 Å². The van der Waals surface area contributed by atoms with E-state index in [2.05, 4.69) is 6.92 Å². The normalized spacial score (nSPS) is 12.4. The van der Waals surface area contributed by atoms with Crippen molar-refractivity contribution in [3.8, 4) is 28.4 Å². The molecule has 0 bridgehead atoms. The lowest BCUT2D eigenvalue weighted by atomic mass is 9.80. The second kappa shape index (κ2) is 8.09. The topological polar surface area (TPSA) is 136 Å². The van der Waals surface area contributed by atoms with Gasteiger partial charge in [-0.15, -0.1) is 0 Å². The summed E-state index contributed by atoms with van der Waals surface area (Å²) >= 11 is 6.00. The van der Waals surface area contributed by atoms with E-state index in [1.165, 1.54) is 6.07 Å². The van der Waals surface area contributed by atoms with Gasteiger partial charge in [0.1, 0.15) is 17.2 Å². The monoisotopic (exact) mass is 452 g/mol. The molecule has 0 saturated heterocycles. The average Bonchev–Trinajstić information content (AvgIpc) is 2.76. The molecule has 0 fully saturated rings. The van der Waals surface area contributed by atoms with Crippen LogP contribution in [-0.4, -0.2) is 28.4 Å². The number of fused-ring (bicyclic) bond motifs is 2. The molecule has 3 aromatic carbocycles. The maximum atomic E-state index is 13.3. The molecule has 6 N–H and O–H groups in total. The van der Waals surface area contributed by atoms with E-state index in [0.29, 0.717) is 17.9 Å². The van der Waals surface area contributed by atoms with Gasteiger partial charge in [-0.3, -0.25) is 9.59 Å². The first-order valence-electron chi connectivity index (χ1n) is 10.0. The molecular weight excluding hydrogens is 432 g/mol.